The molecule has 0 aliphatic heterocycles. The Balaban J connectivity index is 2.06. The largest absolute Gasteiger partial charge is 0.481 e. The smallest absolute Gasteiger partial charge is 0.307 e. The normalized spacial score (nSPS) is 22.8. The fraction of sp³-hybridized carbons (Fsp3) is 0.529. The van der Waals surface area contributed by atoms with Gasteiger partial charge in [-0.3, -0.25) is 9.59 Å². The molecular formula is C17H23NO3. The van der Waals surface area contributed by atoms with Crippen molar-refractivity contribution >= 4 is 11.9 Å². The molecule has 1 fully saturated rings. The minimum absolute atomic E-state index is 0.104. The maximum absolute atomic E-state index is 12.3. The molecule has 1 amide bonds. The molecule has 0 saturated heterocycles. The van der Waals surface area contributed by atoms with E-state index < -0.39 is 17.8 Å². The van der Waals surface area contributed by atoms with E-state index in [2.05, 4.69) is 11.4 Å². The average molecular weight is 289 g/mol. The molecule has 1 saturated carbocycles. The SMILES string of the molecule is Cc1ccc(C(C)NC(=O)[C@@H]2CCC[C@@H]2C(=O)O)c(C)c1. The molecule has 0 radical (unpaired) electrons. The van der Waals surface area contributed by atoms with E-state index in [4.69, 9.17) is 0 Å². The number of rotatable bonds is 4. The molecule has 0 heterocycles. The van der Waals surface area contributed by atoms with Gasteiger partial charge >= 0.3 is 5.97 Å². The second-order valence-electron chi connectivity index (χ2n) is 6.07. The van der Waals surface area contributed by atoms with Crippen molar-refractivity contribution in [2.75, 3.05) is 0 Å². The predicted octanol–water partition coefficient (Wildman–Crippen LogP) is 2.98. The van der Waals surface area contributed by atoms with Crippen LogP contribution in [0, 0.1) is 25.7 Å². The first-order valence-corrected chi connectivity index (χ1v) is 7.50. The van der Waals surface area contributed by atoms with Crippen LogP contribution in [0.4, 0.5) is 0 Å². The van der Waals surface area contributed by atoms with Crippen LogP contribution >= 0.6 is 0 Å². The first kappa shape index (κ1) is 15.5. The van der Waals surface area contributed by atoms with Crippen molar-refractivity contribution < 1.29 is 14.7 Å². The Morgan fingerprint density at radius 3 is 2.52 bits per heavy atom. The zero-order valence-electron chi connectivity index (χ0n) is 12.8. The number of aryl methyl sites for hydroxylation is 2. The number of hydrogen-bond donors (Lipinski definition) is 2. The predicted molar refractivity (Wildman–Crippen MR) is 80.9 cm³/mol. The average Bonchev–Trinajstić information content (AvgIpc) is 2.87. The summed E-state index contributed by atoms with van der Waals surface area (Å²) in [4.78, 5) is 23.5. The summed E-state index contributed by atoms with van der Waals surface area (Å²) in [5.74, 6) is -1.91. The highest BCUT2D eigenvalue weighted by Crippen LogP contribution is 2.32. The number of benzene rings is 1. The van der Waals surface area contributed by atoms with E-state index in [-0.39, 0.29) is 11.9 Å². The Hall–Kier alpha value is -1.84. The summed E-state index contributed by atoms with van der Waals surface area (Å²) < 4.78 is 0. The van der Waals surface area contributed by atoms with E-state index in [1.165, 1.54) is 5.56 Å². The number of carbonyl (C=O) groups excluding carboxylic acids is 1. The molecule has 21 heavy (non-hydrogen) atoms. The van der Waals surface area contributed by atoms with Gasteiger partial charge in [0.25, 0.3) is 0 Å². The molecule has 4 nitrogen and oxygen atoms in total. The summed E-state index contributed by atoms with van der Waals surface area (Å²) in [6.45, 7) is 6.01. The van der Waals surface area contributed by atoms with Gasteiger partial charge in [0.15, 0.2) is 0 Å². The number of hydrogen-bond acceptors (Lipinski definition) is 2. The van der Waals surface area contributed by atoms with Gasteiger partial charge in [-0.05, 0) is 44.7 Å². The first-order valence-electron chi connectivity index (χ1n) is 7.50. The van der Waals surface area contributed by atoms with Crippen molar-refractivity contribution in [3.8, 4) is 0 Å². The van der Waals surface area contributed by atoms with Gasteiger partial charge < -0.3 is 10.4 Å². The number of carbonyl (C=O) groups is 2. The van der Waals surface area contributed by atoms with Gasteiger partial charge in [0.1, 0.15) is 0 Å². The topological polar surface area (TPSA) is 66.4 Å². The molecular weight excluding hydrogens is 266 g/mol. The van der Waals surface area contributed by atoms with Crippen LogP contribution < -0.4 is 5.32 Å². The number of aliphatic carboxylic acids is 1. The Labute approximate surface area is 125 Å². The highest BCUT2D eigenvalue weighted by Gasteiger charge is 2.38. The van der Waals surface area contributed by atoms with Crippen LogP contribution in [0.25, 0.3) is 0 Å². The molecule has 114 valence electrons. The molecule has 1 aliphatic carbocycles. The van der Waals surface area contributed by atoms with Gasteiger partial charge in [0, 0.05) is 0 Å². The van der Waals surface area contributed by atoms with Crippen LogP contribution in [-0.4, -0.2) is 17.0 Å². The number of nitrogens with one attached hydrogen (secondary N) is 1. The van der Waals surface area contributed by atoms with Crippen LogP contribution in [0.1, 0.15) is 48.9 Å². The third-order valence-electron chi connectivity index (χ3n) is 4.42. The van der Waals surface area contributed by atoms with Gasteiger partial charge in [-0.1, -0.05) is 30.2 Å². The zero-order valence-corrected chi connectivity index (χ0v) is 12.8. The highest BCUT2D eigenvalue weighted by atomic mass is 16.4. The van der Waals surface area contributed by atoms with Gasteiger partial charge in [0.2, 0.25) is 5.91 Å². The highest BCUT2D eigenvalue weighted by molar-refractivity contribution is 5.85. The summed E-state index contributed by atoms with van der Waals surface area (Å²) in [5, 5.41) is 12.2. The lowest BCUT2D eigenvalue weighted by Crippen LogP contribution is -2.36. The molecule has 1 aromatic rings. The molecule has 0 bridgehead atoms. The Kier molecular flexibility index (Phi) is 4.66. The molecule has 1 aliphatic rings. The van der Waals surface area contributed by atoms with Crippen molar-refractivity contribution in [2.45, 2.75) is 46.1 Å². The molecule has 1 aromatic carbocycles. The van der Waals surface area contributed by atoms with Gasteiger partial charge in [-0.2, -0.15) is 0 Å². The molecule has 1 unspecified atom stereocenters. The van der Waals surface area contributed by atoms with Crippen molar-refractivity contribution in [1.82, 2.24) is 5.32 Å². The summed E-state index contributed by atoms with van der Waals surface area (Å²) in [5.41, 5.74) is 3.42. The lowest BCUT2D eigenvalue weighted by molar-refractivity contribution is -0.146. The third kappa shape index (κ3) is 3.43. The van der Waals surface area contributed by atoms with Crippen LogP contribution in [0.5, 0.6) is 0 Å². The van der Waals surface area contributed by atoms with Gasteiger partial charge in [-0.15, -0.1) is 0 Å². The Morgan fingerprint density at radius 1 is 1.24 bits per heavy atom. The van der Waals surface area contributed by atoms with Crippen LogP contribution in [0.2, 0.25) is 0 Å². The standard InChI is InChI=1S/C17H23NO3/c1-10-7-8-13(11(2)9-10)12(3)18-16(19)14-5-4-6-15(14)17(20)21/h7-9,12,14-15H,4-6H2,1-3H3,(H,18,19)(H,20,21)/t12?,14-,15+/m1/s1. The lowest BCUT2D eigenvalue weighted by Gasteiger charge is -2.21. The number of carboxylic acid groups (broad SMARTS) is 1. The van der Waals surface area contributed by atoms with Crippen molar-refractivity contribution in [2.24, 2.45) is 11.8 Å². The maximum atomic E-state index is 12.3. The molecule has 3 atom stereocenters. The summed E-state index contributed by atoms with van der Waals surface area (Å²) >= 11 is 0. The van der Waals surface area contributed by atoms with Crippen molar-refractivity contribution in [3.05, 3.63) is 34.9 Å². The van der Waals surface area contributed by atoms with Crippen LogP contribution in [0.15, 0.2) is 18.2 Å². The number of carboxylic acids is 1. The van der Waals surface area contributed by atoms with Gasteiger partial charge in [0.05, 0.1) is 17.9 Å². The van der Waals surface area contributed by atoms with Gasteiger partial charge in [-0.25, -0.2) is 0 Å². The number of amides is 1. The molecule has 0 spiro atoms. The summed E-state index contributed by atoms with van der Waals surface area (Å²) in [6, 6.07) is 6.04. The van der Waals surface area contributed by atoms with Crippen molar-refractivity contribution in [1.29, 1.82) is 0 Å². The van der Waals surface area contributed by atoms with Crippen LogP contribution in [0.3, 0.4) is 0 Å². The fourth-order valence-corrected chi connectivity index (χ4v) is 3.28. The third-order valence-corrected chi connectivity index (χ3v) is 4.42. The summed E-state index contributed by atoms with van der Waals surface area (Å²) in [6.07, 6.45) is 2.08. The second-order valence-corrected chi connectivity index (χ2v) is 6.07. The Morgan fingerprint density at radius 2 is 1.90 bits per heavy atom. The van der Waals surface area contributed by atoms with E-state index in [0.717, 1.165) is 17.5 Å². The first-order chi connectivity index (χ1) is 9.90. The lowest BCUT2D eigenvalue weighted by atomic mass is 9.94. The monoisotopic (exact) mass is 289 g/mol. The van der Waals surface area contributed by atoms with E-state index in [9.17, 15) is 14.7 Å². The molecule has 4 heteroatoms. The quantitative estimate of drug-likeness (QED) is 0.895. The minimum Gasteiger partial charge on any atom is -0.481 e. The fourth-order valence-electron chi connectivity index (χ4n) is 3.28. The van der Waals surface area contributed by atoms with E-state index >= 15 is 0 Å². The maximum Gasteiger partial charge on any atom is 0.307 e. The second kappa shape index (κ2) is 6.29. The van der Waals surface area contributed by atoms with E-state index in [0.29, 0.717) is 12.8 Å². The Bertz CT molecular complexity index is 553. The minimum atomic E-state index is -0.855. The molecule has 0 aromatic heterocycles. The molecule has 2 N–H and O–H groups in total. The molecule has 2 rings (SSSR count). The van der Waals surface area contributed by atoms with E-state index in [1.54, 1.807) is 0 Å². The summed E-state index contributed by atoms with van der Waals surface area (Å²) in [7, 11) is 0. The zero-order chi connectivity index (χ0) is 15.6. The van der Waals surface area contributed by atoms with Crippen molar-refractivity contribution in [3.63, 3.8) is 0 Å². The van der Waals surface area contributed by atoms with Crippen LogP contribution in [-0.2, 0) is 9.59 Å². The van der Waals surface area contributed by atoms with E-state index in [1.807, 2.05) is 32.9 Å².